The summed E-state index contributed by atoms with van der Waals surface area (Å²) in [4.78, 5) is 0. The maximum absolute atomic E-state index is 10.7. The summed E-state index contributed by atoms with van der Waals surface area (Å²) in [5.74, 6) is 0.0862. The van der Waals surface area contributed by atoms with Crippen LogP contribution in [0.4, 0.5) is 0 Å². The second-order valence-corrected chi connectivity index (χ2v) is 7.14. The van der Waals surface area contributed by atoms with Gasteiger partial charge < -0.3 is 9.84 Å². The van der Waals surface area contributed by atoms with E-state index in [2.05, 4.69) is 27.7 Å². The lowest BCUT2D eigenvalue weighted by Crippen LogP contribution is -2.32. The average Bonchev–Trinajstić information content (AvgIpc) is 2.49. The van der Waals surface area contributed by atoms with E-state index in [1.807, 2.05) is 25.1 Å². The zero-order chi connectivity index (χ0) is 14.4. The first-order valence-corrected chi connectivity index (χ1v) is 7.14. The van der Waals surface area contributed by atoms with E-state index in [0.717, 1.165) is 22.6 Å². The van der Waals surface area contributed by atoms with Gasteiger partial charge in [0.25, 0.3) is 0 Å². The smallest absolute Gasteiger partial charge is 0.0846 e. The molecule has 106 valence electrons. The van der Waals surface area contributed by atoms with Gasteiger partial charge >= 0.3 is 0 Å². The number of ether oxygens (including phenoxy) is 1. The van der Waals surface area contributed by atoms with Crippen LogP contribution in [-0.2, 0) is 4.74 Å². The van der Waals surface area contributed by atoms with Crippen molar-refractivity contribution in [3.8, 4) is 0 Å². The van der Waals surface area contributed by atoms with E-state index >= 15 is 0 Å². The molecule has 2 atom stereocenters. The van der Waals surface area contributed by atoms with Gasteiger partial charge in [-0.3, -0.25) is 0 Å². The molecule has 2 rings (SSSR count). The summed E-state index contributed by atoms with van der Waals surface area (Å²) in [5, 5.41) is 11.4. The summed E-state index contributed by atoms with van der Waals surface area (Å²) in [6.07, 6.45) is 0.329. The molecule has 1 N–H and O–H groups in total. The van der Waals surface area contributed by atoms with Gasteiger partial charge in [-0.2, -0.15) is 0 Å². The number of benzene rings is 1. The molecular formula is C16H23ClO2. The van der Waals surface area contributed by atoms with Gasteiger partial charge in [0.15, 0.2) is 0 Å². The lowest BCUT2D eigenvalue weighted by molar-refractivity contribution is -0.0880. The fraction of sp³-hybridized carbons (Fsp3) is 0.625. The molecule has 1 aliphatic heterocycles. The molecule has 1 heterocycles. The van der Waals surface area contributed by atoms with E-state index in [1.54, 1.807) is 0 Å². The second-order valence-electron chi connectivity index (χ2n) is 6.73. The third-order valence-electron chi connectivity index (χ3n) is 4.05. The SMILES string of the molecule is Cc1cc(C(O)C2CC(C)(C)OC2(C)C)ccc1Cl. The first-order chi connectivity index (χ1) is 8.62. The Morgan fingerprint density at radius 2 is 1.95 bits per heavy atom. The highest BCUT2D eigenvalue weighted by Crippen LogP contribution is 2.47. The number of hydrogen-bond donors (Lipinski definition) is 1. The van der Waals surface area contributed by atoms with Crippen molar-refractivity contribution in [2.75, 3.05) is 0 Å². The number of halogens is 1. The molecule has 0 spiro atoms. The summed E-state index contributed by atoms with van der Waals surface area (Å²) in [7, 11) is 0. The van der Waals surface area contributed by atoms with Gasteiger partial charge in [-0.25, -0.2) is 0 Å². The Hall–Kier alpha value is -0.570. The molecule has 3 heteroatoms. The largest absolute Gasteiger partial charge is 0.388 e. The van der Waals surface area contributed by atoms with Gasteiger partial charge in [-0.05, 0) is 58.2 Å². The predicted octanol–water partition coefficient (Wildman–Crippen LogP) is 4.28. The minimum Gasteiger partial charge on any atom is -0.388 e. The van der Waals surface area contributed by atoms with Gasteiger partial charge in [0.1, 0.15) is 0 Å². The van der Waals surface area contributed by atoms with Gasteiger partial charge in [0, 0.05) is 10.9 Å². The molecule has 1 saturated heterocycles. The minimum absolute atomic E-state index is 0.0862. The van der Waals surface area contributed by atoms with Gasteiger partial charge in [0.2, 0.25) is 0 Å². The maximum Gasteiger partial charge on any atom is 0.0846 e. The van der Waals surface area contributed by atoms with Crippen molar-refractivity contribution < 1.29 is 9.84 Å². The Labute approximate surface area is 120 Å². The number of rotatable bonds is 2. The fourth-order valence-electron chi connectivity index (χ4n) is 3.18. The van der Waals surface area contributed by atoms with E-state index in [9.17, 15) is 5.11 Å². The summed E-state index contributed by atoms with van der Waals surface area (Å²) in [6.45, 7) is 10.2. The van der Waals surface area contributed by atoms with Crippen LogP contribution in [0.1, 0.15) is 51.3 Å². The Balaban J connectivity index is 2.28. The van der Waals surface area contributed by atoms with Crippen molar-refractivity contribution in [2.45, 2.75) is 58.3 Å². The monoisotopic (exact) mass is 282 g/mol. The van der Waals surface area contributed by atoms with Crippen LogP contribution in [0.5, 0.6) is 0 Å². The van der Waals surface area contributed by atoms with Crippen molar-refractivity contribution in [3.05, 3.63) is 34.3 Å². The van der Waals surface area contributed by atoms with E-state index in [1.165, 1.54) is 0 Å². The van der Waals surface area contributed by atoms with Gasteiger partial charge in [-0.1, -0.05) is 23.7 Å². The number of aliphatic hydroxyl groups excluding tert-OH is 1. The molecule has 0 bridgehead atoms. The standard InChI is InChI=1S/C16H23ClO2/c1-10-8-11(6-7-13(10)17)14(18)12-9-15(2,3)19-16(12,4)5/h6-8,12,14,18H,9H2,1-5H3. The highest BCUT2D eigenvalue weighted by molar-refractivity contribution is 6.31. The molecule has 1 aliphatic rings. The topological polar surface area (TPSA) is 29.5 Å². The van der Waals surface area contributed by atoms with Crippen LogP contribution in [0, 0.1) is 12.8 Å². The molecule has 0 aliphatic carbocycles. The van der Waals surface area contributed by atoms with Crippen LogP contribution in [0.15, 0.2) is 18.2 Å². The molecule has 19 heavy (non-hydrogen) atoms. The van der Waals surface area contributed by atoms with Crippen LogP contribution < -0.4 is 0 Å². The van der Waals surface area contributed by atoms with E-state index in [0.29, 0.717) is 0 Å². The molecule has 1 aromatic carbocycles. The van der Waals surface area contributed by atoms with Gasteiger partial charge in [0.05, 0.1) is 17.3 Å². The van der Waals surface area contributed by atoms with Crippen molar-refractivity contribution in [3.63, 3.8) is 0 Å². The summed E-state index contributed by atoms with van der Waals surface area (Å²) in [5.41, 5.74) is 1.41. The molecule has 2 nitrogen and oxygen atoms in total. The number of hydrogen-bond acceptors (Lipinski definition) is 2. The number of aryl methyl sites for hydroxylation is 1. The Morgan fingerprint density at radius 1 is 1.32 bits per heavy atom. The molecule has 2 unspecified atom stereocenters. The van der Waals surface area contributed by atoms with Crippen molar-refractivity contribution >= 4 is 11.6 Å². The lowest BCUT2D eigenvalue weighted by Gasteiger charge is -2.30. The first kappa shape index (κ1) is 14.8. The predicted molar refractivity (Wildman–Crippen MR) is 78.5 cm³/mol. The molecule has 0 aromatic heterocycles. The summed E-state index contributed by atoms with van der Waals surface area (Å²) in [6, 6.07) is 5.72. The van der Waals surface area contributed by atoms with E-state index in [4.69, 9.17) is 16.3 Å². The van der Waals surface area contributed by atoms with Gasteiger partial charge in [-0.15, -0.1) is 0 Å². The molecule has 1 aromatic rings. The first-order valence-electron chi connectivity index (χ1n) is 6.77. The molecular weight excluding hydrogens is 260 g/mol. The highest BCUT2D eigenvalue weighted by atomic mass is 35.5. The Morgan fingerprint density at radius 3 is 2.42 bits per heavy atom. The summed E-state index contributed by atoms with van der Waals surface area (Å²) >= 11 is 6.04. The zero-order valence-electron chi connectivity index (χ0n) is 12.3. The molecule has 0 radical (unpaired) electrons. The van der Waals surface area contributed by atoms with E-state index < -0.39 is 6.10 Å². The molecule has 1 fully saturated rings. The second kappa shape index (κ2) is 4.76. The van der Waals surface area contributed by atoms with Crippen LogP contribution in [0.3, 0.4) is 0 Å². The molecule has 0 amide bonds. The fourth-order valence-corrected chi connectivity index (χ4v) is 3.30. The van der Waals surface area contributed by atoms with Crippen LogP contribution in [-0.4, -0.2) is 16.3 Å². The summed E-state index contributed by atoms with van der Waals surface area (Å²) < 4.78 is 6.06. The van der Waals surface area contributed by atoms with Crippen molar-refractivity contribution in [1.82, 2.24) is 0 Å². The highest BCUT2D eigenvalue weighted by Gasteiger charge is 2.49. The molecule has 0 saturated carbocycles. The maximum atomic E-state index is 10.7. The third-order valence-corrected chi connectivity index (χ3v) is 4.47. The quantitative estimate of drug-likeness (QED) is 0.877. The van der Waals surface area contributed by atoms with Crippen LogP contribution in [0.25, 0.3) is 0 Å². The average molecular weight is 283 g/mol. The zero-order valence-corrected chi connectivity index (χ0v) is 13.1. The lowest BCUT2D eigenvalue weighted by atomic mass is 9.80. The Bertz CT molecular complexity index is 480. The Kier molecular flexibility index (Phi) is 3.72. The van der Waals surface area contributed by atoms with E-state index in [-0.39, 0.29) is 17.1 Å². The van der Waals surface area contributed by atoms with Crippen LogP contribution in [0.2, 0.25) is 5.02 Å². The number of aliphatic hydroxyl groups is 1. The van der Waals surface area contributed by atoms with Crippen LogP contribution >= 0.6 is 11.6 Å². The third kappa shape index (κ3) is 2.96. The normalized spacial score (nSPS) is 26.4. The minimum atomic E-state index is -0.521. The van der Waals surface area contributed by atoms with Crippen molar-refractivity contribution in [1.29, 1.82) is 0 Å². The van der Waals surface area contributed by atoms with Crippen molar-refractivity contribution in [2.24, 2.45) is 5.92 Å².